The number of ether oxygens (including phenoxy) is 1. The first-order chi connectivity index (χ1) is 5.63. The van der Waals surface area contributed by atoms with Crippen LogP contribution in [0.25, 0.3) is 0 Å². The summed E-state index contributed by atoms with van der Waals surface area (Å²) in [5.41, 5.74) is 0. The Kier molecular flexibility index (Phi) is 6.70. The Labute approximate surface area is 72.9 Å². The van der Waals surface area contributed by atoms with E-state index in [4.69, 9.17) is 9.84 Å². The van der Waals surface area contributed by atoms with Gasteiger partial charge >= 0.3 is 5.97 Å². The standard InChI is InChI=1S/C8H17NO3/c1-7(2)9-4-6-12-5-3-8(10)11/h7,9H,3-6H2,1-2H3,(H,10,11). The molecule has 0 fully saturated rings. The van der Waals surface area contributed by atoms with Gasteiger partial charge in [0.1, 0.15) is 0 Å². The van der Waals surface area contributed by atoms with E-state index in [-0.39, 0.29) is 6.42 Å². The van der Waals surface area contributed by atoms with Gasteiger partial charge in [-0.2, -0.15) is 0 Å². The first-order valence-corrected chi connectivity index (χ1v) is 4.16. The third kappa shape index (κ3) is 9.39. The first kappa shape index (κ1) is 11.4. The zero-order valence-electron chi connectivity index (χ0n) is 7.67. The summed E-state index contributed by atoms with van der Waals surface area (Å²) >= 11 is 0. The van der Waals surface area contributed by atoms with Crippen molar-refractivity contribution in [2.75, 3.05) is 19.8 Å². The normalized spacial score (nSPS) is 10.6. The van der Waals surface area contributed by atoms with E-state index in [0.29, 0.717) is 19.3 Å². The van der Waals surface area contributed by atoms with Crippen molar-refractivity contribution >= 4 is 5.97 Å². The number of nitrogens with one attached hydrogen (secondary N) is 1. The van der Waals surface area contributed by atoms with Crippen molar-refractivity contribution in [2.45, 2.75) is 26.3 Å². The molecule has 0 saturated carbocycles. The van der Waals surface area contributed by atoms with Gasteiger partial charge in [-0.25, -0.2) is 0 Å². The Balaban J connectivity index is 2.96. The summed E-state index contributed by atoms with van der Waals surface area (Å²) in [6.45, 7) is 5.76. The minimum atomic E-state index is -0.813. The van der Waals surface area contributed by atoms with Crippen molar-refractivity contribution in [1.82, 2.24) is 5.32 Å². The summed E-state index contributed by atoms with van der Waals surface area (Å²) in [7, 11) is 0. The maximum Gasteiger partial charge on any atom is 0.305 e. The molecule has 0 aromatic heterocycles. The molecule has 0 rings (SSSR count). The van der Waals surface area contributed by atoms with Crippen LogP contribution in [0.1, 0.15) is 20.3 Å². The molecule has 0 unspecified atom stereocenters. The molecular formula is C8H17NO3. The van der Waals surface area contributed by atoms with E-state index in [1.165, 1.54) is 0 Å². The maximum absolute atomic E-state index is 10.0. The summed E-state index contributed by atoms with van der Waals surface area (Å²) in [5, 5.41) is 11.4. The molecule has 0 amide bonds. The Hall–Kier alpha value is -0.610. The molecule has 0 bridgehead atoms. The van der Waals surface area contributed by atoms with Gasteiger partial charge in [-0.15, -0.1) is 0 Å². The highest BCUT2D eigenvalue weighted by Crippen LogP contribution is 1.82. The van der Waals surface area contributed by atoms with Gasteiger partial charge in [0.05, 0.1) is 19.6 Å². The van der Waals surface area contributed by atoms with Gasteiger partial charge in [-0.05, 0) is 0 Å². The second kappa shape index (κ2) is 7.06. The second-order valence-electron chi connectivity index (χ2n) is 2.86. The molecule has 72 valence electrons. The molecule has 0 radical (unpaired) electrons. The molecule has 0 aromatic carbocycles. The van der Waals surface area contributed by atoms with E-state index < -0.39 is 5.97 Å². The molecule has 0 heterocycles. The Morgan fingerprint density at radius 2 is 2.17 bits per heavy atom. The van der Waals surface area contributed by atoms with E-state index in [2.05, 4.69) is 19.2 Å². The second-order valence-corrected chi connectivity index (χ2v) is 2.86. The predicted octanol–water partition coefficient (Wildman–Crippen LogP) is 0.476. The van der Waals surface area contributed by atoms with E-state index in [1.807, 2.05) is 0 Å². The molecule has 4 nitrogen and oxygen atoms in total. The van der Waals surface area contributed by atoms with Crippen LogP contribution in [0.15, 0.2) is 0 Å². The van der Waals surface area contributed by atoms with Gasteiger partial charge in [0.2, 0.25) is 0 Å². The summed E-state index contributed by atoms with van der Waals surface area (Å²) in [5.74, 6) is -0.813. The Morgan fingerprint density at radius 1 is 1.50 bits per heavy atom. The highest BCUT2D eigenvalue weighted by molar-refractivity contribution is 5.66. The fourth-order valence-electron chi connectivity index (χ4n) is 0.681. The van der Waals surface area contributed by atoms with Crippen molar-refractivity contribution in [2.24, 2.45) is 0 Å². The summed E-state index contributed by atoms with van der Waals surface area (Å²) < 4.78 is 5.05. The Bertz CT molecular complexity index is 125. The van der Waals surface area contributed by atoms with Crippen molar-refractivity contribution in [3.8, 4) is 0 Å². The summed E-state index contributed by atoms with van der Waals surface area (Å²) in [6.07, 6.45) is 0.0850. The molecule has 0 aliphatic carbocycles. The van der Waals surface area contributed by atoms with Crippen LogP contribution in [0, 0.1) is 0 Å². The van der Waals surface area contributed by atoms with Crippen LogP contribution in [0.4, 0.5) is 0 Å². The van der Waals surface area contributed by atoms with E-state index in [0.717, 1.165) is 6.54 Å². The minimum Gasteiger partial charge on any atom is -0.481 e. The van der Waals surface area contributed by atoms with Gasteiger partial charge in [0, 0.05) is 12.6 Å². The van der Waals surface area contributed by atoms with Crippen LogP contribution < -0.4 is 5.32 Å². The van der Waals surface area contributed by atoms with Gasteiger partial charge in [-0.1, -0.05) is 13.8 Å². The van der Waals surface area contributed by atoms with Gasteiger partial charge in [0.25, 0.3) is 0 Å². The van der Waals surface area contributed by atoms with Crippen molar-refractivity contribution in [3.05, 3.63) is 0 Å². The average molecular weight is 175 g/mol. The highest BCUT2D eigenvalue weighted by Gasteiger charge is 1.96. The lowest BCUT2D eigenvalue weighted by molar-refractivity contribution is -0.138. The smallest absolute Gasteiger partial charge is 0.305 e. The SMILES string of the molecule is CC(C)NCCOCCC(=O)O. The number of hydrogen-bond donors (Lipinski definition) is 2. The maximum atomic E-state index is 10.0. The quantitative estimate of drug-likeness (QED) is 0.552. The van der Waals surface area contributed by atoms with Crippen LogP contribution in [-0.2, 0) is 9.53 Å². The van der Waals surface area contributed by atoms with Crippen LogP contribution in [0.2, 0.25) is 0 Å². The molecule has 0 aliphatic heterocycles. The van der Waals surface area contributed by atoms with E-state index >= 15 is 0 Å². The molecule has 0 saturated heterocycles. The molecule has 2 N–H and O–H groups in total. The number of carboxylic acid groups (broad SMARTS) is 1. The van der Waals surface area contributed by atoms with Gasteiger partial charge in [-0.3, -0.25) is 4.79 Å². The van der Waals surface area contributed by atoms with Crippen molar-refractivity contribution in [3.63, 3.8) is 0 Å². The fraction of sp³-hybridized carbons (Fsp3) is 0.875. The van der Waals surface area contributed by atoms with Crippen molar-refractivity contribution < 1.29 is 14.6 Å². The van der Waals surface area contributed by atoms with E-state index in [9.17, 15) is 4.79 Å². The largest absolute Gasteiger partial charge is 0.481 e. The number of rotatable bonds is 7. The lowest BCUT2D eigenvalue weighted by Crippen LogP contribution is -2.26. The summed E-state index contributed by atoms with van der Waals surface area (Å²) in [4.78, 5) is 10.0. The van der Waals surface area contributed by atoms with Crippen LogP contribution in [0.5, 0.6) is 0 Å². The third-order valence-electron chi connectivity index (χ3n) is 1.26. The molecule has 0 aliphatic rings. The van der Waals surface area contributed by atoms with E-state index in [1.54, 1.807) is 0 Å². The van der Waals surface area contributed by atoms with Gasteiger partial charge in [0.15, 0.2) is 0 Å². The first-order valence-electron chi connectivity index (χ1n) is 4.16. The molecule has 0 aromatic rings. The topological polar surface area (TPSA) is 58.6 Å². The molecule has 4 heteroatoms. The monoisotopic (exact) mass is 175 g/mol. The summed E-state index contributed by atoms with van der Waals surface area (Å²) in [6, 6.07) is 0.452. The average Bonchev–Trinajstić information content (AvgIpc) is 1.95. The van der Waals surface area contributed by atoms with Crippen LogP contribution >= 0.6 is 0 Å². The highest BCUT2D eigenvalue weighted by atomic mass is 16.5. The zero-order chi connectivity index (χ0) is 9.40. The van der Waals surface area contributed by atoms with Crippen LogP contribution in [0.3, 0.4) is 0 Å². The lowest BCUT2D eigenvalue weighted by Gasteiger charge is -2.07. The minimum absolute atomic E-state index is 0.0850. The zero-order valence-corrected chi connectivity index (χ0v) is 7.67. The number of hydrogen-bond acceptors (Lipinski definition) is 3. The third-order valence-corrected chi connectivity index (χ3v) is 1.26. The Morgan fingerprint density at radius 3 is 2.67 bits per heavy atom. The van der Waals surface area contributed by atoms with Gasteiger partial charge < -0.3 is 15.2 Å². The number of carboxylic acids is 1. The molecular weight excluding hydrogens is 158 g/mol. The fourth-order valence-corrected chi connectivity index (χ4v) is 0.681. The lowest BCUT2D eigenvalue weighted by atomic mass is 10.4. The molecule has 12 heavy (non-hydrogen) atoms. The predicted molar refractivity (Wildman–Crippen MR) is 46.2 cm³/mol. The van der Waals surface area contributed by atoms with Crippen molar-refractivity contribution in [1.29, 1.82) is 0 Å². The van der Waals surface area contributed by atoms with Crippen LogP contribution in [-0.4, -0.2) is 36.9 Å². The molecule has 0 spiro atoms. The number of carbonyl (C=O) groups is 1. The molecule has 0 atom stereocenters. The number of aliphatic carboxylic acids is 1.